The van der Waals surface area contributed by atoms with Crippen LogP contribution in [-0.2, 0) is 11.0 Å². The van der Waals surface area contributed by atoms with Crippen LogP contribution in [0.5, 0.6) is 0 Å². The molecule has 3 aliphatic rings. The largest absolute Gasteiger partial charge is 0.417 e. The van der Waals surface area contributed by atoms with Gasteiger partial charge in [0.15, 0.2) is 5.65 Å². The third-order valence-corrected chi connectivity index (χ3v) is 6.44. The Morgan fingerprint density at radius 3 is 2.32 bits per heavy atom. The fourth-order valence-corrected chi connectivity index (χ4v) is 4.31. The second-order valence-electron chi connectivity index (χ2n) is 9.10. The van der Waals surface area contributed by atoms with Gasteiger partial charge >= 0.3 is 12.2 Å². The van der Waals surface area contributed by atoms with Gasteiger partial charge < -0.3 is 20.4 Å². The maximum atomic E-state index is 12.9. The van der Waals surface area contributed by atoms with E-state index in [2.05, 4.69) is 30.9 Å². The van der Waals surface area contributed by atoms with Crippen molar-refractivity contribution < 1.29 is 22.8 Å². The number of pyridine rings is 1. The van der Waals surface area contributed by atoms with Crippen molar-refractivity contribution in [2.75, 3.05) is 41.3 Å². The second-order valence-corrected chi connectivity index (χ2v) is 9.10. The van der Waals surface area contributed by atoms with E-state index >= 15 is 0 Å². The van der Waals surface area contributed by atoms with Crippen molar-refractivity contribution >= 4 is 41.1 Å². The highest BCUT2D eigenvalue weighted by atomic mass is 19.4. The summed E-state index contributed by atoms with van der Waals surface area (Å²) in [7, 11) is 0. The number of nitrogens with zero attached hydrogens (tertiary/aromatic N) is 6. The molecule has 3 aromatic rings. The molecule has 3 amide bonds. The summed E-state index contributed by atoms with van der Waals surface area (Å²) < 4.78 is 40.3. The molecule has 5 heterocycles. The van der Waals surface area contributed by atoms with Gasteiger partial charge in [-0.15, -0.1) is 0 Å². The minimum absolute atomic E-state index is 0.112. The number of amides is 3. The number of anilines is 3. The fraction of sp³-hybridized carbons (Fsp3) is 0.348. The zero-order valence-electron chi connectivity index (χ0n) is 19.4. The van der Waals surface area contributed by atoms with Crippen LogP contribution in [0, 0.1) is 0 Å². The van der Waals surface area contributed by atoms with Crippen LogP contribution in [0.3, 0.4) is 0 Å². The summed E-state index contributed by atoms with van der Waals surface area (Å²) in [5.74, 6) is 1.44. The molecule has 0 radical (unpaired) electrons. The van der Waals surface area contributed by atoms with Crippen molar-refractivity contribution in [2.45, 2.75) is 25.1 Å². The smallest absolute Gasteiger partial charge is 0.367 e. The molecule has 3 fully saturated rings. The Morgan fingerprint density at radius 1 is 1.00 bits per heavy atom. The van der Waals surface area contributed by atoms with Crippen molar-refractivity contribution in [2.24, 2.45) is 0 Å². The van der Waals surface area contributed by atoms with E-state index in [1.807, 2.05) is 11.0 Å². The number of fused-ring (bicyclic) bond motifs is 1. The number of hydrogen-bond donors (Lipinski definition) is 3. The summed E-state index contributed by atoms with van der Waals surface area (Å²) in [4.78, 5) is 36.3. The zero-order valence-corrected chi connectivity index (χ0v) is 19.4. The normalized spacial score (nSPS) is 19.5. The highest BCUT2D eigenvalue weighted by Crippen LogP contribution is 2.31. The average Bonchev–Trinajstić information content (AvgIpc) is 3.51. The monoisotopic (exact) mass is 513 g/mol. The van der Waals surface area contributed by atoms with Crippen LogP contribution in [0.1, 0.15) is 24.0 Å². The van der Waals surface area contributed by atoms with Crippen molar-refractivity contribution in [1.82, 2.24) is 30.2 Å². The number of halogens is 3. The van der Waals surface area contributed by atoms with Crippen LogP contribution in [0.15, 0.2) is 36.3 Å². The number of nitrogens with one attached hydrogen (secondary N) is 3. The van der Waals surface area contributed by atoms with Gasteiger partial charge in [-0.3, -0.25) is 10.1 Å². The number of aromatic nitrogens is 4. The molecule has 3 aromatic heterocycles. The quantitative estimate of drug-likeness (QED) is 0.351. The predicted octanol–water partition coefficient (Wildman–Crippen LogP) is 2.22. The number of piperazine rings is 1. The molecule has 37 heavy (non-hydrogen) atoms. The van der Waals surface area contributed by atoms with Crippen LogP contribution < -0.4 is 25.8 Å². The van der Waals surface area contributed by atoms with Gasteiger partial charge in [0.05, 0.1) is 11.8 Å². The van der Waals surface area contributed by atoms with E-state index in [9.17, 15) is 22.8 Å². The predicted molar refractivity (Wildman–Crippen MR) is 128 cm³/mol. The first-order chi connectivity index (χ1) is 17.7. The van der Waals surface area contributed by atoms with Crippen LogP contribution in [0.25, 0.3) is 11.7 Å². The SMILES string of the molecule is O=C1NC(=O)/C(=C/c2cnn3c(NC4CC4)cc(N4CCN(c5ccc(C(F)(F)F)cn5)CC4)nc23)N1. The molecule has 0 atom stereocenters. The van der Waals surface area contributed by atoms with Crippen molar-refractivity contribution in [1.29, 1.82) is 0 Å². The Balaban J connectivity index is 1.25. The van der Waals surface area contributed by atoms with E-state index in [1.165, 1.54) is 12.1 Å². The Morgan fingerprint density at radius 2 is 1.73 bits per heavy atom. The molecule has 0 unspecified atom stereocenters. The number of rotatable bonds is 5. The van der Waals surface area contributed by atoms with E-state index in [0.29, 0.717) is 55.1 Å². The van der Waals surface area contributed by atoms with E-state index in [0.717, 1.165) is 30.9 Å². The molecule has 0 bridgehead atoms. The Kier molecular flexibility index (Phi) is 5.38. The topological polar surface area (TPSA) is 120 Å². The summed E-state index contributed by atoms with van der Waals surface area (Å²) >= 11 is 0. The molecular formula is C23H22F3N9O2. The Hall–Kier alpha value is -4.36. The average molecular weight is 513 g/mol. The lowest BCUT2D eigenvalue weighted by atomic mass is 10.2. The first-order valence-electron chi connectivity index (χ1n) is 11.8. The van der Waals surface area contributed by atoms with Crippen molar-refractivity contribution in [3.63, 3.8) is 0 Å². The van der Waals surface area contributed by atoms with Gasteiger partial charge in [-0.05, 0) is 31.1 Å². The lowest BCUT2D eigenvalue weighted by molar-refractivity contribution is -0.137. The number of carbonyl (C=O) groups excluding carboxylic acids is 2. The molecule has 1 aliphatic carbocycles. The number of carbonyl (C=O) groups is 2. The summed E-state index contributed by atoms with van der Waals surface area (Å²) in [5, 5.41) is 12.5. The lowest BCUT2D eigenvalue weighted by Gasteiger charge is -2.36. The fourth-order valence-electron chi connectivity index (χ4n) is 4.31. The van der Waals surface area contributed by atoms with E-state index in [4.69, 9.17) is 4.98 Å². The van der Waals surface area contributed by atoms with Crippen LogP contribution in [-0.4, -0.2) is 63.7 Å². The molecule has 0 aromatic carbocycles. The third kappa shape index (κ3) is 4.61. The molecule has 0 spiro atoms. The lowest BCUT2D eigenvalue weighted by Crippen LogP contribution is -2.47. The minimum Gasteiger partial charge on any atom is -0.367 e. The highest BCUT2D eigenvalue weighted by molar-refractivity contribution is 6.14. The number of urea groups is 1. The van der Waals surface area contributed by atoms with Gasteiger partial charge in [0.1, 0.15) is 23.2 Å². The van der Waals surface area contributed by atoms with Gasteiger partial charge in [0, 0.05) is 50.0 Å². The van der Waals surface area contributed by atoms with Gasteiger partial charge in [0.2, 0.25) is 0 Å². The summed E-state index contributed by atoms with van der Waals surface area (Å²) in [6.07, 6.45) is 1.67. The minimum atomic E-state index is -4.42. The van der Waals surface area contributed by atoms with Gasteiger partial charge in [-0.25, -0.2) is 14.8 Å². The molecule has 192 valence electrons. The first kappa shape index (κ1) is 23.1. The van der Waals surface area contributed by atoms with E-state index in [-0.39, 0.29) is 5.70 Å². The molecule has 14 heteroatoms. The summed E-state index contributed by atoms with van der Waals surface area (Å²) in [5.41, 5.74) is 0.431. The van der Waals surface area contributed by atoms with Crippen LogP contribution in [0.2, 0.25) is 0 Å². The standard InChI is InChI=1S/C23H22F3N9O2/c24-23(25,26)14-1-4-17(27-12-14)33-5-7-34(8-6-33)18-10-19(29-15-2-3-15)35-20(31-18)13(11-28-35)9-16-21(36)32-22(37)30-16/h1,4,9-12,15,29H,2-3,5-8H2,(H2,30,32,36,37)/b16-9-. The van der Waals surface area contributed by atoms with Crippen LogP contribution in [0.4, 0.5) is 35.4 Å². The molecule has 2 saturated heterocycles. The third-order valence-electron chi connectivity index (χ3n) is 6.44. The van der Waals surface area contributed by atoms with Gasteiger partial charge in [0.25, 0.3) is 5.91 Å². The number of imide groups is 1. The molecular weight excluding hydrogens is 491 g/mol. The highest BCUT2D eigenvalue weighted by Gasteiger charge is 2.31. The summed E-state index contributed by atoms with van der Waals surface area (Å²) in [6.45, 7) is 2.27. The number of hydrogen-bond acceptors (Lipinski definition) is 8. The summed E-state index contributed by atoms with van der Waals surface area (Å²) in [6, 6.07) is 4.13. The van der Waals surface area contributed by atoms with Gasteiger partial charge in [-0.2, -0.15) is 22.8 Å². The molecule has 3 N–H and O–H groups in total. The van der Waals surface area contributed by atoms with Crippen molar-refractivity contribution in [3.05, 3.63) is 47.4 Å². The second kappa shape index (κ2) is 8.64. The first-order valence-corrected chi connectivity index (χ1v) is 11.8. The maximum Gasteiger partial charge on any atom is 0.417 e. The molecule has 2 aliphatic heterocycles. The van der Waals surface area contributed by atoms with E-state index < -0.39 is 23.7 Å². The zero-order chi connectivity index (χ0) is 25.7. The molecule has 11 nitrogen and oxygen atoms in total. The van der Waals surface area contributed by atoms with E-state index in [1.54, 1.807) is 10.7 Å². The maximum absolute atomic E-state index is 12.9. The number of alkyl halides is 3. The Labute approximate surface area is 208 Å². The Bertz CT molecular complexity index is 1410. The molecule has 6 rings (SSSR count). The van der Waals surface area contributed by atoms with Crippen LogP contribution >= 0.6 is 0 Å². The van der Waals surface area contributed by atoms with Crippen molar-refractivity contribution in [3.8, 4) is 0 Å². The van der Waals surface area contributed by atoms with Gasteiger partial charge in [-0.1, -0.05) is 0 Å². The molecule has 1 saturated carbocycles.